The van der Waals surface area contributed by atoms with Crippen LogP contribution in [0.3, 0.4) is 0 Å². The first-order valence-corrected chi connectivity index (χ1v) is 7.76. The van der Waals surface area contributed by atoms with Crippen molar-refractivity contribution in [2.45, 2.75) is 64.3 Å². The van der Waals surface area contributed by atoms with Crippen LogP contribution in [0.5, 0.6) is 0 Å². The third-order valence-corrected chi connectivity index (χ3v) is 4.85. The van der Waals surface area contributed by atoms with Crippen LogP contribution >= 0.6 is 0 Å². The zero-order valence-corrected chi connectivity index (χ0v) is 11.7. The van der Waals surface area contributed by atoms with Gasteiger partial charge in [-0.1, -0.05) is 19.3 Å². The molecule has 2 rings (SSSR count). The zero-order valence-electron chi connectivity index (χ0n) is 11.7. The summed E-state index contributed by atoms with van der Waals surface area (Å²) in [5.74, 6) is 1.25. The van der Waals surface area contributed by atoms with E-state index in [0.29, 0.717) is 17.9 Å². The summed E-state index contributed by atoms with van der Waals surface area (Å²) in [6.45, 7) is 3.76. The molecule has 2 aliphatic rings. The number of amides is 1. The van der Waals surface area contributed by atoms with Crippen LogP contribution in [0, 0.1) is 11.8 Å². The number of hydrogen-bond acceptors (Lipinski definition) is 2. The second kappa shape index (κ2) is 6.55. The Bertz CT molecular complexity index is 274. The highest BCUT2D eigenvalue weighted by Gasteiger charge is 2.33. The Morgan fingerprint density at radius 2 is 1.89 bits per heavy atom. The van der Waals surface area contributed by atoms with Gasteiger partial charge in [0.15, 0.2) is 0 Å². The molecule has 2 fully saturated rings. The second-order valence-electron chi connectivity index (χ2n) is 6.03. The lowest BCUT2D eigenvalue weighted by molar-refractivity contribution is -0.139. The van der Waals surface area contributed by atoms with Gasteiger partial charge in [0.2, 0.25) is 5.91 Å². The standard InChI is InChI=1S/C15H28N2O/c1-2-17(14-8-3-4-9-14)15(18)13-7-5-6-12(10-13)11-16/h12-14H,2-11,16H2,1H3. The van der Waals surface area contributed by atoms with Crippen molar-refractivity contribution in [2.24, 2.45) is 17.6 Å². The van der Waals surface area contributed by atoms with Crippen molar-refractivity contribution in [3.63, 3.8) is 0 Å². The lowest BCUT2D eigenvalue weighted by Gasteiger charge is -2.35. The number of rotatable bonds is 4. The number of carbonyl (C=O) groups excluding carboxylic acids is 1. The van der Waals surface area contributed by atoms with E-state index in [-0.39, 0.29) is 5.92 Å². The summed E-state index contributed by atoms with van der Waals surface area (Å²) >= 11 is 0. The Morgan fingerprint density at radius 1 is 1.17 bits per heavy atom. The van der Waals surface area contributed by atoms with Crippen molar-refractivity contribution >= 4 is 5.91 Å². The van der Waals surface area contributed by atoms with Gasteiger partial charge < -0.3 is 10.6 Å². The van der Waals surface area contributed by atoms with Crippen LogP contribution in [-0.2, 0) is 4.79 Å². The molecule has 104 valence electrons. The molecule has 18 heavy (non-hydrogen) atoms. The minimum absolute atomic E-state index is 0.257. The van der Waals surface area contributed by atoms with Crippen LogP contribution in [0.4, 0.5) is 0 Å². The molecule has 0 aromatic carbocycles. The van der Waals surface area contributed by atoms with Crippen LogP contribution in [-0.4, -0.2) is 29.9 Å². The minimum Gasteiger partial charge on any atom is -0.340 e. The molecular weight excluding hydrogens is 224 g/mol. The molecule has 2 saturated carbocycles. The first kappa shape index (κ1) is 13.9. The van der Waals surface area contributed by atoms with Crippen LogP contribution in [0.15, 0.2) is 0 Å². The Balaban J connectivity index is 1.95. The Labute approximate surface area is 111 Å². The van der Waals surface area contributed by atoms with E-state index in [1.807, 2.05) is 0 Å². The van der Waals surface area contributed by atoms with Gasteiger partial charge >= 0.3 is 0 Å². The lowest BCUT2D eigenvalue weighted by Crippen LogP contribution is -2.43. The molecule has 2 N–H and O–H groups in total. The molecule has 1 amide bonds. The number of nitrogens with two attached hydrogens (primary N) is 1. The van der Waals surface area contributed by atoms with E-state index in [4.69, 9.17) is 5.73 Å². The molecule has 3 nitrogen and oxygen atoms in total. The molecule has 2 atom stereocenters. The summed E-state index contributed by atoms with van der Waals surface area (Å²) in [7, 11) is 0. The van der Waals surface area contributed by atoms with Crippen molar-refractivity contribution in [1.29, 1.82) is 0 Å². The SMILES string of the molecule is CCN(C(=O)C1CCCC(CN)C1)C1CCCC1. The monoisotopic (exact) mass is 252 g/mol. The van der Waals surface area contributed by atoms with E-state index in [0.717, 1.165) is 25.9 Å². The molecule has 0 heterocycles. The second-order valence-corrected chi connectivity index (χ2v) is 6.03. The van der Waals surface area contributed by atoms with Gasteiger partial charge in [-0.15, -0.1) is 0 Å². The molecule has 3 heteroatoms. The summed E-state index contributed by atoms with van der Waals surface area (Å²) in [5, 5.41) is 0. The van der Waals surface area contributed by atoms with Crippen molar-refractivity contribution < 1.29 is 4.79 Å². The Morgan fingerprint density at radius 3 is 2.50 bits per heavy atom. The summed E-state index contributed by atoms with van der Waals surface area (Å²) in [6, 6.07) is 0.528. The van der Waals surface area contributed by atoms with Crippen LogP contribution in [0.25, 0.3) is 0 Å². The van der Waals surface area contributed by atoms with Crippen LogP contribution < -0.4 is 5.73 Å². The smallest absolute Gasteiger partial charge is 0.225 e. The average Bonchev–Trinajstić information content (AvgIpc) is 2.93. The van der Waals surface area contributed by atoms with E-state index in [9.17, 15) is 4.79 Å². The van der Waals surface area contributed by atoms with Gasteiger partial charge in [-0.2, -0.15) is 0 Å². The quantitative estimate of drug-likeness (QED) is 0.835. The van der Waals surface area contributed by atoms with Gasteiger partial charge in [-0.05, 0) is 51.5 Å². The summed E-state index contributed by atoms with van der Waals surface area (Å²) in [4.78, 5) is 14.8. The fraction of sp³-hybridized carbons (Fsp3) is 0.933. The van der Waals surface area contributed by atoms with E-state index >= 15 is 0 Å². The van der Waals surface area contributed by atoms with E-state index in [1.165, 1.54) is 38.5 Å². The predicted octanol–water partition coefficient (Wildman–Crippen LogP) is 2.54. The van der Waals surface area contributed by atoms with Gasteiger partial charge in [0.05, 0.1) is 0 Å². The topological polar surface area (TPSA) is 46.3 Å². The highest BCUT2D eigenvalue weighted by molar-refractivity contribution is 5.79. The summed E-state index contributed by atoms with van der Waals surface area (Å²) in [6.07, 6.45) is 9.53. The minimum atomic E-state index is 0.257. The zero-order chi connectivity index (χ0) is 13.0. The number of nitrogens with zero attached hydrogens (tertiary/aromatic N) is 1. The van der Waals surface area contributed by atoms with Gasteiger partial charge in [0.1, 0.15) is 0 Å². The molecule has 0 radical (unpaired) electrons. The maximum atomic E-state index is 12.7. The maximum absolute atomic E-state index is 12.7. The molecule has 0 aromatic rings. The molecule has 2 unspecified atom stereocenters. The average molecular weight is 252 g/mol. The fourth-order valence-electron chi connectivity index (χ4n) is 3.77. The maximum Gasteiger partial charge on any atom is 0.225 e. The number of hydrogen-bond donors (Lipinski definition) is 1. The molecule has 0 spiro atoms. The van der Waals surface area contributed by atoms with Gasteiger partial charge in [0.25, 0.3) is 0 Å². The van der Waals surface area contributed by atoms with Gasteiger partial charge in [-0.3, -0.25) is 4.79 Å². The fourth-order valence-corrected chi connectivity index (χ4v) is 3.77. The number of carbonyl (C=O) groups is 1. The predicted molar refractivity (Wildman–Crippen MR) is 74.1 cm³/mol. The van der Waals surface area contributed by atoms with Crippen LogP contribution in [0.2, 0.25) is 0 Å². The molecule has 0 aromatic heterocycles. The van der Waals surface area contributed by atoms with E-state index < -0.39 is 0 Å². The third-order valence-electron chi connectivity index (χ3n) is 4.85. The van der Waals surface area contributed by atoms with E-state index in [2.05, 4.69) is 11.8 Å². The molecule has 2 aliphatic carbocycles. The Hall–Kier alpha value is -0.570. The highest BCUT2D eigenvalue weighted by atomic mass is 16.2. The van der Waals surface area contributed by atoms with Crippen molar-refractivity contribution in [3.8, 4) is 0 Å². The van der Waals surface area contributed by atoms with Crippen molar-refractivity contribution in [2.75, 3.05) is 13.1 Å². The largest absolute Gasteiger partial charge is 0.340 e. The highest BCUT2D eigenvalue weighted by Crippen LogP contribution is 2.32. The summed E-state index contributed by atoms with van der Waals surface area (Å²) < 4.78 is 0. The summed E-state index contributed by atoms with van der Waals surface area (Å²) in [5.41, 5.74) is 5.77. The third kappa shape index (κ3) is 3.05. The van der Waals surface area contributed by atoms with Crippen molar-refractivity contribution in [3.05, 3.63) is 0 Å². The van der Waals surface area contributed by atoms with Crippen molar-refractivity contribution in [1.82, 2.24) is 4.90 Å². The molecule has 0 aliphatic heterocycles. The van der Waals surface area contributed by atoms with Gasteiger partial charge in [0, 0.05) is 18.5 Å². The van der Waals surface area contributed by atoms with E-state index in [1.54, 1.807) is 0 Å². The first-order chi connectivity index (χ1) is 8.76. The Kier molecular flexibility index (Phi) is 5.04. The lowest BCUT2D eigenvalue weighted by atomic mass is 9.80. The molecule has 0 bridgehead atoms. The van der Waals surface area contributed by atoms with Gasteiger partial charge in [-0.25, -0.2) is 0 Å². The molecular formula is C15H28N2O. The normalized spacial score (nSPS) is 29.4. The van der Waals surface area contributed by atoms with Crippen LogP contribution in [0.1, 0.15) is 58.3 Å². The molecule has 0 saturated heterocycles. The first-order valence-electron chi connectivity index (χ1n) is 7.76.